The number of nitrogens with zero attached hydrogens (tertiary/aromatic N) is 4. The summed E-state index contributed by atoms with van der Waals surface area (Å²) < 4.78 is 7.23. The van der Waals surface area contributed by atoms with Gasteiger partial charge in [-0.15, -0.1) is 0 Å². The average Bonchev–Trinajstić information content (AvgIpc) is 3.40. The van der Waals surface area contributed by atoms with Crippen molar-refractivity contribution in [1.29, 1.82) is 0 Å². The molecule has 0 saturated heterocycles. The summed E-state index contributed by atoms with van der Waals surface area (Å²) >= 11 is 0. The van der Waals surface area contributed by atoms with Gasteiger partial charge in [-0.25, -0.2) is 9.67 Å². The number of rotatable bonds is 9. The van der Waals surface area contributed by atoms with E-state index in [-0.39, 0.29) is 0 Å². The van der Waals surface area contributed by atoms with Crippen molar-refractivity contribution in [1.82, 2.24) is 30.3 Å². The molecular weight excluding hydrogens is 376 g/mol. The fraction of sp³-hybridized carbons (Fsp3) is 0.261. The van der Waals surface area contributed by atoms with Crippen LogP contribution in [0.1, 0.15) is 23.6 Å². The van der Waals surface area contributed by atoms with Crippen LogP contribution in [0.2, 0.25) is 0 Å². The SMILES string of the molecule is COc1ccc(-c2nn(-c3ccccc3)cc2CNCCCc2n[nH]c(C)n2)cc1. The normalized spacial score (nSPS) is 11.0. The van der Waals surface area contributed by atoms with Gasteiger partial charge in [0.1, 0.15) is 11.6 Å². The molecule has 7 nitrogen and oxygen atoms in total. The predicted octanol–water partition coefficient (Wildman–Crippen LogP) is 3.70. The highest BCUT2D eigenvalue weighted by Crippen LogP contribution is 2.25. The molecule has 2 aromatic carbocycles. The lowest BCUT2D eigenvalue weighted by atomic mass is 10.1. The quantitative estimate of drug-likeness (QED) is 0.417. The highest BCUT2D eigenvalue weighted by Gasteiger charge is 2.12. The van der Waals surface area contributed by atoms with Crippen LogP contribution in [-0.4, -0.2) is 38.6 Å². The van der Waals surface area contributed by atoms with Crippen molar-refractivity contribution in [3.05, 3.63) is 78.0 Å². The highest BCUT2D eigenvalue weighted by molar-refractivity contribution is 5.64. The number of para-hydroxylation sites is 1. The fourth-order valence-electron chi connectivity index (χ4n) is 3.34. The maximum absolute atomic E-state index is 5.29. The van der Waals surface area contributed by atoms with Gasteiger partial charge in [-0.1, -0.05) is 18.2 Å². The van der Waals surface area contributed by atoms with Crippen molar-refractivity contribution in [3.8, 4) is 22.7 Å². The Labute approximate surface area is 176 Å². The van der Waals surface area contributed by atoms with Crippen LogP contribution in [0.3, 0.4) is 0 Å². The number of hydrogen-bond donors (Lipinski definition) is 2. The van der Waals surface area contributed by atoms with Gasteiger partial charge in [0.15, 0.2) is 5.82 Å². The molecule has 7 heteroatoms. The van der Waals surface area contributed by atoms with Crippen LogP contribution in [0.4, 0.5) is 0 Å². The van der Waals surface area contributed by atoms with Gasteiger partial charge in [-0.05, 0) is 56.3 Å². The fourth-order valence-corrected chi connectivity index (χ4v) is 3.34. The zero-order valence-electron chi connectivity index (χ0n) is 17.3. The Morgan fingerprint density at radius 3 is 2.57 bits per heavy atom. The molecule has 0 saturated carbocycles. The summed E-state index contributed by atoms with van der Waals surface area (Å²) in [5.74, 6) is 2.56. The third kappa shape index (κ3) is 4.75. The Morgan fingerprint density at radius 2 is 1.87 bits per heavy atom. The number of hydrogen-bond acceptors (Lipinski definition) is 5. The lowest BCUT2D eigenvalue weighted by molar-refractivity contribution is 0.415. The Hall–Kier alpha value is -3.45. The van der Waals surface area contributed by atoms with E-state index in [0.717, 1.165) is 65.8 Å². The van der Waals surface area contributed by atoms with Gasteiger partial charge in [0.05, 0.1) is 18.5 Å². The first kappa shape index (κ1) is 19.8. The first-order chi connectivity index (χ1) is 14.7. The Morgan fingerprint density at radius 1 is 1.07 bits per heavy atom. The maximum Gasteiger partial charge on any atom is 0.150 e. The van der Waals surface area contributed by atoms with E-state index in [4.69, 9.17) is 9.84 Å². The third-order valence-corrected chi connectivity index (χ3v) is 4.89. The van der Waals surface area contributed by atoms with Crippen molar-refractivity contribution >= 4 is 0 Å². The molecule has 4 rings (SSSR count). The number of H-pyrrole nitrogens is 1. The first-order valence-corrected chi connectivity index (χ1v) is 10.1. The molecule has 0 radical (unpaired) electrons. The molecular formula is C23H26N6O. The van der Waals surface area contributed by atoms with E-state index in [0.29, 0.717) is 0 Å². The van der Waals surface area contributed by atoms with Crippen molar-refractivity contribution in [2.24, 2.45) is 0 Å². The monoisotopic (exact) mass is 402 g/mol. The van der Waals surface area contributed by atoms with Gasteiger partial charge in [0, 0.05) is 30.3 Å². The van der Waals surface area contributed by atoms with Crippen molar-refractivity contribution in [3.63, 3.8) is 0 Å². The topological polar surface area (TPSA) is 80.6 Å². The number of methoxy groups -OCH3 is 1. The van der Waals surface area contributed by atoms with Gasteiger partial charge < -0.3 is 10.1 Å². The van der Waals surface area contributed by atoms with Crippen molar-refractivity contribution < 1.29 is 4.74 Å². The molecule has 0 fully saturated rings. The van der Waals surface area contributed by atoms with Gasteiger partial charge in [0.25, 0.3) is 0 Å². The van der Waals surface area contributed by atoms with Gasteiger partial charge in [0.2, 0.25) is 0 Å². The van der Waals surface area contributed by atoms with Crippen LogP contribution >= 0.6 is 0 Å². The summed E-state index contributed by atoms with van der Waals surface area (Å²) in [6, 6.07) is 18.2. The predicted molar refractivity (Wildman–Crippen MR) is 117 cm³/mol. The lowest BCUT2D eigenvalue weighted by Gasteiger charge is -2.06. The number of nitrogens with one attached hydrogen (secondary N) is 2. The minimum absolute atomic E-state index is 0.737. The number of benzene rings is 2. The molecule has 2 heterocycles. The summed E-state index contributed by atoms with van der Waals surface area (Å²) in [5.41, 5.74) is 4.23. The average molecular weight is 403 g/mol. The van der Waals surface area contributed by atoms with Crippen molar-refractivity contribution in [2.75, 3.05) is 13.7 Å². The highest BCUT2D eigenvalue weighted by atomic mass is 16.5. The van der Waals surface area contributed by atoms with Crippen LogP contribution < -0.4 is 10.1 Å². The van der Waals surface area contributed by atoms with E-state index < -0.39 is 0 Å². The van der Waals surface area contributed by atoms with E-state index in [9.17, 15) is 0 Å². The second kappa shape index (κ2) is 9.37. The molecule has 0 aliphatic rings. The van der Waals surface area contributed by atoms with Crippen LogP contribution in [-0.2, 0) is 13.0 Å². The number of aryl methyl sites for hydroxylation is 2. The maximum atomic E-state index is 5.29. The molecule has 0 atom stereocenters. The summed E-state index contributed by atoms with van der Waals surface area (Å²) in [4.78, 5) is 4.35. The minimum Gasteiger partial charge on any atom is -0.497 e. The van der Waals surface area contributed by atoms with E-state index in [1.165, 1.54) is 0 Å². The molecule has 0 aliphatic carbocycles. The Bertz CT molecular complexity index is 1070. The molecule has 0 aliphatic heterocycles. The number of aromatic amines is 1. The molecule has 4 aromatic rings. The van der Waals surface area contributed by atoms with E-state index >= 15 is 0 Å². The van der Waals surface area contributed by atoms with Crippen LogP contribution in [0.5, 0.6) is 5.75 Å². The van der Waals surface area contributed by atoms with Crippen LogP contribution in [0, 0.1) is 6.92 Å². The lowest BCUT2D eigenvalue weighted by Crippen LogP contribution is -2.15. The molecule has 154 valence electrons. The smallest absolute Gasteiger partial charge is 0.150 e. The second-order valence-corrected chi connectivity index (χ2v) is 7.13. The Kier molecular flexibility index (Phi) is 6.20. The third-order valence-electron chi connectivity index (χ3n) is 4.89. The Balaban J connectivity index is 1.47. The van der Waals surface area contributed by atoms with Gasteiger partial charge in [-0.3, -0.25) is 5.10 Å². The van der Waals surface area contributed by atoms with Gasteiger partial charge in [-0.2, -0.15) is 10.2 Å². The summed E-state index contributed by atoms with van der Waals surface area (Å²) in [6.45, 7) is 3.53. The zero-order chi connectivity index (χ0) is 20.8. The molecule has 0 spiro atoms. The molecule has 30 heavy (non-hydrogen) atoms. The first-order valence-electron chi connectivity index (χ1n) is 10.1. The number of aromatic nitrogens is 5. The van der Waals surface area contributed by atoms with Crippen molar-refractivity contribution in [2.45, 2.75) is 26.3 Å². The number of ether oxygens (including phenoxy) is 1. The minimum atomic E-state index is 0.737. The zero-order valence-corrected chi connectivity index (χ0v) is 17.3. The molecule has 0 bridgehead atoms. The molecule has 0 amide bonds. The summed E-state index contributed by atoms with van der Waals surface area (Å²) in [7, 11) is 1.67. The second-order valence-electron chi connectivity index (χ2n) is 7.13. The van der Waals surface area contributed by atoms with Gasteiger partial charge >= 0.3 is 0 Å². The standard InChI is InChI=1S/C23H26N6O/c1-17-25-22(27-26-17)9-6-14-24-15-19-16-29(20-7-4-3-5-8-20)28-23(19)18-10-12-21(30-2)13-11-18/h3-5,7-8,10-13,16,24H,6,9,14-15H2,1-2H3,(H,25,26,27). The largest absolute Gasteiger partial charge is 0.497 e. The van der Waals surface area contributed by atoms with E-state index in [1.807, 2.05) is 54.1 Å². The van der Waals surface area contributed by atoms with E-state index in [2.05, 4.69) is 38.8 Å². The summed E-state index contributed by atoms with van der Waals surface area (Å²) in [5, 5.41) is 15.5. The summed E-state index contributed by atoms with van der Waals surface area (Å²) in [6.07, 6.45) is 3.93. The molecule has 0 unspecified atom stereocenters. The molecule has 2 aromatic heterocycles. The van der Waals surface area contributed by atoms with E-state index in [1.54, 1.807) is 7.11 Å². The van der Waals surface area contributed by atoms with Crippen LogP contribution in [0.25, 0.3) is 16.9 Å². The van der Waals surface area contributed by atoms with Crippen LogP contribution in [0.15, 0.2) is 60.8 Å². The molecule has 2 N–H and O–H groups in total.